The van der Waals surface area contributed by atoms with Crippen molar-refractivity contribution in [2.45, 2.75) is 55.9 Å². The molecule has 2 aliphatic carbocycles. The Morgan fingerprint density at radius 1 is 1.22 bits per heavy atom. The van der Waals surface area contributed by atoms with Crippen molar-refractivity contribution in [2.75, 3.05) is 6.61 Å². The molecule has 1 aliphatic heterocycles. The molecule has 0 radical (unpaired) electrons. The predicted molar refractivity (Wildman–Crippen MR) is 99.6 cm³/mol. The minimum atomic E-state index is -1.09. The third-order valence-electron chi connectivity index (χ3n) is 5.47. The number of nitrogens with one attached hydrogen (secondary N) is 2. The van der Waals surface area contributed by atoms with Gasteiger partial charge in [0.1, 0.15) is 17.9 Å². The molecule has 4 rings (SSSR count). The maximum absolute atomic E-state index is 12.7. The lowest BCUT2D eigenvalue weighted by atomic mass is 9.94. The molecule has 27 heavy (non-hydrogen) atoms. The van der Waals surface area contributed by atoms with E-state index >= 15 is 0 Å². The summed E-state index contributed by atoms with van der Waals surface area (Å²) in [6, 6.07) is -0.417. The number of amidine groups is 1. The van der Waals surface area contributed by atoms with Crippen molar-refractivity contribution in [3.63, 3.8) is 0 Å². The molecule has 10 heteroatoms. The molecule has 1 aromatic rings. The van der Waals surface area contributed by atoms with E-state index in [4.69, 9.17) is 0 Å². The second-order valence-electron chi connectivity index (χ2n) is 7.26. The third kappa shape index (κ3) is 3.62. The van der Waals surface area contributed by atoms with E-state index in [1.54, 1.807) is 10.9 Å². The van der Waals surface area contributed by atoms with Crippen LogP contribution in [-0.2, 0) is 4.79 Å². The van der Waals surface area contributed by atoms with Crippen molar-refractivity contribution in [3.05, 3.63) is 16.6 Å². The van der Waals surface area contributed by atoms with Gasteiger partial charge in [-0.3, -0.25) is 15.1 Å². The molecule has 1 amide bonds. The monoisotopic (exact) mass is 393 g/mol. The molecule has 3 aliphatic rings. The van der Waals surface area contributed by atoms with Crippen molar-refractivity contribution >= 4 is 29.0 Å². The van der Waals surface area contributed by atoms with E-state index in [0.29, 0.717) is 23.9 Å². The largest absolute Gasteiger partial charge is 0.396 e. The maximum atomic E-state index is 12.7. The first kappa shape index (κ1) is 18.5. The highest BCUT2D eigenvalue weighted by Gasteiger charge is 2.43. The number of hydrogen-bond acceptors (Lipinski definition) is 8. The quantitative estimate of drug-likeness (QED) is 0.461. The summed E-state index contributed by atoms with van der Waals surface area (Å²) >= 11 is 1.38. The molecule has 0 aromatic carbocycles. The molecule has 1 aromatic heterocycles. The smallest absolute Gasteiger partial charge is 0.243 e. The van der Waals surface area contributed by atoms with Crippen LogP contribution in [0.3, 0.4) is 0 Å². The van der Waals surface area contributed by atoms with Gasteiger partial charge in [-0.1, -0.05) is 0 Å². The van der Waals surface area contributed by atoms with Crippen LogP contribution in [0, 0.1) is 5.92 Å². The first-order valence-electron chi connectivity index (χ1n) is 9.15. The van der Waals surface area contributed by atoms with Gasteiger partial charge >= 0.3 is 0 Å². The number of amides is 1. The number of hydrogen-bond donors (Lipinski definition) is 5. The van der Waals surface area contributed by atoms with E-state index in [-0.39, 0.29) is 18.6 Å². The molecule has 5 N–H and O–H groups in total. The summed E-state index contributed by atoms with van der Waals surface area (Å²) in [5.74, 6) is -0.718. The number of aliphatic hydroxyl groups excluding tert-OH is 3. The van der Waals surface area contributed by atoms with Crippen molar-refractivity contribution in [2.24, 2.45) is 15.9 Å². The summed E-state index contributed by atoms with van der Waals surface area (Å²) in [7, 11) is 0. The van der Waals surface area contributed by atoms with Crippen molar-refractivity contribution in [1.82, 2.24) is 15.6 Å². The van der Waals surface area contributed by atoms with Crippen LogP contribution in [0.25, 0.3) is 0 Å². The van der Waals surface area contributed by atoms with Crippen LogP contribution in [0.2, 0.25) is 0 Å². The zero-order valence-electron chi connectivity index (χ0n) is 14.7. The van der Waals surface area contributed by atoms with Gasteiger partial charge in [0.2, 0.25) is 11.9 Å². The summed E-state index contributed by atoms with van der Waals surface area (Å²) in [4.78, 5) is 26.1. The lowest BCUT2D eigenvalue weighted by Gasteiger charge is -2.29. The second-order valence-corrected chi connectivity index (χ2v) is 7.98. The van der Waals surface area contributed by atoms with Crippen molar-refractivity contribution in [3.8, 4) is 0 Å². The summed E-state index contributed by atoms with van der Waals surface area (Å²) in [6.45, 7) is -0.225. The summed E-state index contributed by atoms with van der Waals surface area (Å²) < 4.78 is 0. The Bertz CT molecular complexity index is 749. The van der Waals surface area contributed by atoms with Gasteiger partial charge in [0.15, 0.2) is 0 Å². The van der Waals surface area contributed by atoms with E-state index in [0.717, 1.165) is 19.3 Å². The Labute approximate surface area is 160 Å². The van der Waals surface area contributed by atoms with E-state index < -0.39 is 30.1 Å². The molecule has 5 atom stereocenters. The highest BCUT2D eigenvalue weighted by Crippen LogP contribution is 2.30. The van der Waals surface area contributed by atoms with Gasteiger partial charge < -0.3 is 20.6 Å². The van der Waals surface area contributed by atoms with E-state index in [1.165, 1.54) is 11.3 Å². The number of aromatic nitrogens is 1. The van der Waals surface area contributed by atoms with Gasteiger partial charge in [0, 0.05) is 17.9 Å². The van der Waals surface area contributed by atoms with Gasteiger partial charge in [0.25, 0.3) is 0 Å². The minimum Gasteiger partial charge on any atom is -0.396 e. The fraction of sp³-hybridized carbons (Fsp3) is 0.647. The molecule has 9 nitrogen and oxygen atoms in total. The van der Waals surface area contributed by atoms with Crippen LogP contribution in [0.5, 0.6) is 0 Å². The molecular weight excluding hydrogens is 370 g/mol. The van der Waals surface area contributed by atoms with Gasteiger partial charge in [-0.05, 0) is 25.7 Å². The van der Waals surface area contributed by atoms with E-state index in [2.05, 4.69) is 25.6 Å². The fourth-order valence-electron chi connectivity index (χ4n) is 3.63. The Balaban J connectivity index is 1.64. The number of carbonyl (C=O) groups excluding carboxylic acids is 1. The number of aliphatic hydroxyl groups is 3. The summed E-state index contributed by atoms with van der Waals surface area (Å²) in [6.07, 6.45) is 1.33. The topological polar surface area (TPSA) is 139 Å². The second kappa shape index (κ2) is 7.63. The highest BCUT2D eigenvalue weighted by atomic mass is 32.1. The normalized spacial score (nSPS) is 37.3. The van der Waals surface area contributed by atoms with E-state index in [1.807, 2.05) is 0 Å². The first-order chi connectivity index (χ1) is 13.1. The van der Waals surface area contributed by atoms with Gasteiger partial charge in [-0.2, -0.15) is 0 Å². The zero-order chi connectivity index (χ0) is 19.0. The maximum Gasteiger partial charge on any atom is 0.243 e. The number of aliphatic imine (C=N–C) groups is 2. The predicted octanol–water partition coefficient (Wildman–Crippen LogP) is -0.644. The van der Waals surface area contributed by atoms with Crippen LogP contribution in [0.15, 0.2) is 20.9 Å². The van der Waals surface area contributed by atoms with Crippen LogP contribution >= 0.6 is 11.3 Å². The van der Waals surface area contributed by atoms with Crippen LogP contribution in [0.1, 0.15) is 37.3 Å². The zero-order valence-corrected chi connectivity index (χ0v) is 15.5. The number of guanidine groups is 1. The molecule has 1 unspecified atom stereocenters. The van der Waals surface area contributed by atoms with Gasteiger partial charge in [-0.25, -0.2) is 9.98 Å². The number of nitrogens with zero attached hydrogens (tertiary/aromatic N) is 3. The minimum absolute atomic E-state index is 0.197. The van der Waals surface area contributed by atoms with E-state index in [9.17, 15) is 20.1 Å². The Kier molecular flexibility index (Phi) is 5.22. The van der Waals surface area contributed by atoms with Crippen LogP contribution < -0.4 is 10.6 Å². The third-order valence-corrected chi connectivity index (χ3v) is 6.07. The van der Waals surface area contributed by atoms with Crippen LogP contribution in [0.4, 0.5) is 0 Å². The molecule has 0 bridgehead atoms. The lowest BCUT2D eigenvalue weighted by Crippen LogP contribution is -2.56. The number of thiazole rings is 1. The summed E-state index contributed by atoms with van der Waals surface area (Å²) in [5, 5.41) is 37.4. The molecule has 2 saturated carbocycles. The van der Waals surface area contributed by atoms with Crippen LogP contribution in [-0.4, -0.2) is 68.9 Å². The summed E-state index contributed by atoms with van der Waals surface area (Å²) in [5.41, 5.74) is 2.21. The SMILES string of the molecule is O=C1NC(=NC2CCC2)NC(=N[C@@H]2C[C@H](CO)[C@@H](O)[C@H]2O)C1c1cscn1. The Morgan fingerprint density at radius 2 is 2.04 bits per heavy atom. The van der Waals surface area contributed by atoms with Crippen molar-refractivity contribution in [1.29, 1.82) is 0 Å². The lowest BCUT2D eigenvalue weighted by molar-refractivity contribution is -0.120. The number of carbonyl (C=O) groups is 1. The first-order valence-corrected chi connectivity index (χ1v) is 10.1. The average molecular weight is 393 g/mol. The fourth-order valence-corrected chi connectivity index (χ4v) is 4.21. The molecular formula is C17H23N5O4S. The molecule has 146 valence electrons. The number of rotatable bonds is 4. The molecule has 2 heterocycles. The Morgan fingerprint density at radius 3 is 2.63 bits per heavy atom. The molecule has 1 saturated heterocycles. The standard InChI is InChI=1S/C17H23N5O4S/c23-5-8-4-10(14(25)13(8)24)20-15-12(11-6-27-7-18-11)16(26)22-17(21-15)19-9-2-1-3-9/h6-10,12-14,23-25H,1-5H2,(H2,19,20,21,22,26)/t8-,10-,12?,13-,14+/m1/s1. The molecule has 3 fully saturated rings. The van der Waals surface area contributed by atoms with Gasteiger partial charge in [-0.15, -0.1) is 11.3 Å². The Hall–Kier alpha value is -1.88. The average Bonchev–Trinajstić information content (AvgIpc) is 3.22. The highest BCUT2D eigenvalue weighted by molar-refractivity contribution is 7.07. The van der Waals surface area contributed by atoms with Gasteiger partial charge in [0.05, 0.1) is 29.4 Å². The molecule has 0 spiro atoms. The van der Waals surface area contributed by atoms with Crippen molar-refractivity contribution < 1.29 is 20.1 Å².